The number of hydrogen-bond donors (Lipinski definition) is 4. The number of carboxylic acids is 2. The van der Waals surface area contributed by atoms with E-state index >= 15 is 0 Å². The fourth-order valence-corrected chi connectivity index (χ4v) is 6.80. The predicted molar refractivity (Wildman–Crippen MR) is 159 cm³/mol. The van der Waals surface area contributed by atoms with Crippen LogP contribution in [0.5, 0.6) is 0 Å². The molecule has 0 bridgehead atoms. The molecule has 2 aromatic carbocycles. The van der Waals surface area contributed by atoms with E-state index in [4.69, 9.17) is 14.6 Å². The number of rotatable bonds is 12. The maximum atomic E-state index is 14.1. The van der Waals surface area contributed by atoms with Crippen LogP contribution < -0.4 is 0 Å². The molecule has 3 heterocycles. The third-order valence-corrected chi connectivity index (χ3v) is 9.25. The number of carboxylic acid groups (broad SMARTS) is 2. The number of halogens is 1. The minimum atomic E-state index is -2.81. The fraction of sp³-hybridized carbons (Fsp3) is 0.515. The van der Waals surface area contributed by atoms with Crippen LogP contribution in [0.4, 0.5) is 4.39 Å². The van der Waals surface area contributed by atoms with Gasteiger partial charge in [0.25, 0.3) is 0 Å². The normalized spacial score (nSPS) is 21.0. The number of aliphatic hydroxyl groups is 2. The first kappa shape index (κ1) is 33.5. The van der Waals surface area contributed by atoms with Crippen LogP contribution in [0.3, 0.4) is 0 Å². The third kappa shape index (κ3) is 7.55. The molecule has 248 valence electrons. The van der Waals surface area contributed by atoms with Crippen LogP contribution in [-0.4, -0.2) is 98.5 Å². The van der Waals surface area contributed by atoms with Crippen molar-refractivity contribution in [3.8, 4) is 0 Å². The van der Waals surface area contributed by atoms with Crippen LogP contribution >= 0.6 is 0 Å². The maximum absolute atomic E-state index is 14.1. The Kier molecular flexibility index (Phi) is 10.1. The monoisotopic (exact) mass is 642 g/mol. The van der Waals surface area contributed by atoms with Crippen LogP contribution in [-0.2, 0) is 53.9 Å². The number of likely N-dealkylation sites (tertiary alicyclic amines) is 2. The van der Waals surface area contributed by atoms with Gasteiger partial charge in [-0.25, -0.2) is 9.18 Å². The van der Waals surface area contributed by atoms with Gasteiger partial charge in [0.2, 0.25) is 5.91 Å². The van der Waals surface area contributed by atoms with Gasteiger partial charge < -0.3 is 39.7 Å². The van der Waals surface area contributed by atoms with E-state index in [9.17, 15) is 38.9 Å². The van der Waals surface area contributed by atoms with Crippen molar-refractivity contribution in [2.75, 3.05) is 32.7 Å². The second-order valence-corrected chi connectivity index (χ2v) is 12.5. The number of aliphatic carboxylic acids is 2. The molecule has 3 aliphatic heterocycles. The topological polar surface area (TPSA) is 174 Å². The molecular formula is C33H39FN2O10. The number of benzene rings is 2. The quantitative estimate of drug-likeness (QED) is 0.249. The summed E-state index contributed by atoms with van der Waals surface area (Å²) in [6.07, 6.45) is -0.950. The van der Waals surface area contributed by atoms with Crippen LogP contribution in [0.1, 0.15) is 54.4 Å². The summed E-state index contributed by atoms with van der Waals surface area (Å²) in [7, 11) is 0. The number of fused-ring (bicyclic) bond motifs is 2. The van der Waals surface area contributed by atoms with Crippen molar-refractivity contribution in [1.29, 1.82) is 0 Å². The molecule has 1 spiro atoms. The van der Waals surface area contributed by atoms with E-state index in [0.29, 0.717) is 58.5 Å². The summed E-state index contributed by atoms with van der Waals surface area (Å²) in [5.74, 6) is -5.41. The van der Waals surface area contributed by atoms with Crippen molar-refractivity contribution < 1.29 is 53.5 Å². The number of carbonyl (C=O) groups excluding carboxylic acids is 2. The molecule has 3 aliphatic rings. The molecule has 1 amide bonds. The van der Waals surface area contributed by atoms with Gasteiger partial charge in [0.1, 0.15) is 11.9 Å². The van der Waals surface area contributed by atoms with Crippen LogP contribution in [0.2, 0.25) is 0 Å². The minimum absolute atomic E-state index is 0.0709. The Morgan fingerprint density at radius 3 is 2.48 bits per heavy atom. The van der Waals surface area contributed by atoms with Crippen LogP contribution in [0.25, 0.3) is 0 Å². The molecule has 0 aliphatic carbocycles. The average Bonchev–Trinajstić information content (AvgIpc) is 3.61. The SMILES string of the molecule is O=C(O)CC(O)(CC(=O)O[C@@H]1CCN(C(=O)C(Cc2cccc(CO)c2)CN2CCC3(CC2)OCc2ccc(F)cc23)C1)C(=O)O. The summed E-state index contributed by atoms with van der Waals surface area (Å²) in [5, 5.41) is 38.0. The number of nitrogens with zero attached hydrogens (tertiary/aromatic N) is 2. The summed E-state index contributed by atoms with van der Waals surface area (Å²) in [5.41, 5.74) is 0.138. The molecule has 2 unspecified atom stereocenters. The van der Waals surface area contributed by atoms with Gasteiger partial charge in [0, 0.05) is 32.6 Å². The second-order valence-electron chi connectivity index (χ2n) is 12.5. The van der Waals surface area contributed by atoms with Gasteiger partial charge in [-0.2, -0.15) is 0 Å². The number of ether oxygens (including phenoxy) is 2. The van der Waals surface area contributed by atoms with E-state index in [-0.39, 0.29) is 24.9 Å². The number of aliphatic hydroxyl groups excluding tert-OH is 1. The first-order chi connectivity index (χ1) is 21.9. The zero-order valence-corrected chi connectivity index (χ0v) is 25.4. The second kappa shape index (κ2) is 13.8. The van der Waals surface area contributed by atoms with Crippen molar-refractivity contribution in [2.45, 2.75) is 69.0 Å². The third-order valence-electron chi connectivity index (χ3n) is 9.25. The molecule has 2 aromatic rings. The Labute approximate surface area is 265 Å². The van der Waals surface area contributed by atoms with Gasteiger partial charge in [-0.15, -0.1) is 0 Å². The van der Waals surface area contributed by atoms with Crippen molar-refractivity contribution in [3.05, 3.63) is 70.5 Å². The van der Waals surface area contributed by atoms with E-state index in [1.165, 1.54) is 6.07 Å². The van der Waals surface area contributed by atoms with E-state index in [1.54, 1.807) is 23.1 Å². The van der Waals surface area contributed by atoms with Gasteiger partial charge in [-0.3, -0.25) is 14.4 Å². The Hall–Kier alpha value is -3.91. The molecule has 12 nitrogen and oxygen atoms in total. The number of carbonyl (C=O) groups is 4. The van der Waals surface area contributed by atoms with Gasteiger partial charge in [0.15, 0.2) is 5.60 Å². The maximum Gasteiger partial charge on any atom is 0.336 e. The Bertz CT molecular complexity index is 1480. The summed E-state index contributed by atoms with van der Waals surface area (Å²) in [6.45, 7) is 2.39. The lowest BCUT2D eigenvalue weighted by Gasteiger charge is -2.40. The van der Waals surface area contributed by atoms with E-state index in [0.717, 1.165) is 22.3 Å². The zero-order valence-electron chi connectivity index (χ0n) is 25.4. The van der Waals surface area contributed by atoms with E-state index in [2.05, 4.69) is 4.90 Å². The Morgan fingerprint density at radius 2 is 1.78 bits per heavy atom. The molecule has 0 radical (unpaired) electrons. The highest BCUT2D eigenvalue weighted by Crippen LogP contribution is 2.44. The van der Waals surface area contributed by atoms with Gasteiger partial charge in [0.05, 0.1) is 44.1 Å². The lowest BCUT2D eigenvalue weighted by Crippen LogP contribution is -2.47. The number of esters is 1. The van der Waals surface area contributed by atoms with Crippen molar-refractivity contribution >= 4 is 23.8 Å². The van der Waals surface area contributed by atoms with E-state index < -0.39 is 54.0 Å². The largest absolute Gasteiger partial charge is 0.481 e. The van der Waals surface area contributed by atoms with E-state index in [1.807, 2.05) is 18.2 Å². The summed E-state index contributed by atoms with van der Waals surface area (Å²) >= 11 is 0. The standard InChI is InChI=1S/C33H39FN2O10/c34-25-5-4-23-20-45-33(27(23)14-25)7-10-35(11-8-33)17-24(13-21-2-1-3-22(12-21)19-37)30(41)36-9-6-26(18-36)46-29(40)16-32(44,31(42)43)15-28(38)39/h1-5,12,14,24,26,37,44H,6-11,13,15-20H2,(H,38,39)(H,42,43)/t24?,26-,32?/m1/s1. The average molecular weight is 643 g/mol. The fourth-order valence-electron chi connectivity index (χ4n) is 6.80. The molecule has 13 heteroatoms. The summed E-state index contributed by atoms with van der Waals surface area (Å²) in [4.78, 5) is 52.7. The Morgan fingerprint density at radius 1 is 1.04 bits per heavy atom. The summed E-state index contributed by atoms with van der Waals surface area (Å²) < 4.78 is 25.7. The molecular weight excluding hydrogens is 603 g/mol. The van der Waals surface area contributed by atoms with Crippen molar-refractivity contribution in [1.82, 2.24) is 9.80 Å². The molecule has 4 N–H and O–H groups in total. The molecule has 2 fully saturated rings. The lowest BCUT2D eigenvalue weighted by atomic mass is 9.83. The van der Waals surface area contributed by atoms with Crippen molar-refractivity contribution in [2.24, 2.45) is 5.92 Å². The predicted octanol–water partition coefficient (Wildman–Crippen LogP) is 1.82. The molecule has 0 aromatic heterocycles. The molecule has 5 rings (SSSR count). The smallest absolute Gasteiger partial charge is 0.336 e. The zero-order chi connectivity index (χ0) is 33.1. The van der Waals surface area contributed by atoms with Crippen LogP contribution in [0.15, 0.2) is 42.5 Å². The first-order valence-electron chi connectivity index (χ1n) is 15.4. The lowest BCUT2D eigenvalue weighted by molar-refractivity contribution is -0.173. The number of hydrogen-bond acceptors (Lipinski definition) is 9. The van der Waals surface area contributed by atoms with Crippen molar-refractivity contribution in [3.63, 3.8) is 0 Å². The highest BCUT2D eigenvalue weighted by atomic mass is 19.1. The van der Waals surface area contributed by atoms with Gasteiger partial charge in [-0.05, 0) is 53.6 Å². The molecule has 46 heavy (non-hydrogen) atoms. The van der Waals surface area contributed by atoms with Gasteiger partial charge in [-0.1, -0.05) is 30.3 Å². The van der Waals surface area contributed by atoms with Gasteiger partial charge >= 0.3 is 17.9 Å². The Balaban J connectivity index is 1.24. The van der Waals surface area contributed by atoms with Crippen LogP contribution in [0, 0.1) is 11.7 Å². The summed E-state index contributed by atoms with van der Waals surface area (Å²) in [6, 6.07) is 12.2. The minimum Gasteiger partial charge on any atom is -0.481 e. The highest BCUT2D eigenvalue weighted by Gasteiger charge is 2.45. The number of piperidine rings is 1. The highest BCUT2D eigenvalue weighted by molar-refractivity contribution is 5.88. The number of amides is 1. The first-order valence-corrected chi connectivity index (χ1v) is 15.4. The molecule has 0 saturated carbocycles. The molecule has 3 atom stereocenters. The molecule has 2 saturated heterocycles.